The Labute approximate surface area is 113 Å². The second kappa shape index (κ2) is 5.49. The Morgan fingerprint density at radius 2 is 1.94 bits per heavy atom. The van der Waals surface area contributed by atoms with E-state index in [1.165, 1.54) is 18.6 Å². The maximum atomic E-state index is 13.7. The Kier molecular flexibility index (Phi) is 4.21. The summed E-state index contributed by atoms with van der Waals surface area (Å²) in [5.74, 6) is -0.621. The quantitative estimate of drug-likeness (QED) is 0.553. The van der Waals surface area contributed by atoms with Crippen molar-refractivity contribution in [2.75, 3.05) is 0 Å². The zero-order valence-electron chi connectivity index (χ0n) is 9.31. The van der Waals surface area contributed by atoms with Gasteiger partial charge in [-0.25, -0.2) is 4.39 Å². The smallest absolute Gasteiger partial charge is 0.168 e. The molecule has 1 aliphatic carbocycles. The zero-order valence-corrected chi connectivity index (χ0v) is 11.7. The molecular formula is C13H13BrClFO. The van der Waals surface area contributed by atoms with Crippen LogP contribution in [0.4, 0.5) is 4.39 Å². The fraction of sp³-hybridized carbons (Fsp3) is 0.462. The van der Waals surface area contributed by atoms with Crippen LogP contribution in [0.3, 0.4) is 0 Å². The van der Waals surface area contributed by atoms with E-state index in [4.69, 9.17) is 11.6 Å². The van der Waals surface area contributed by atoms with Gasteiger partial charge < -0.3 is 0 Å². The highest BCUT2D eigenvalue weighted by Gasteiger charge is 2.25. The first-order chi connectivity index (χ1) is 8.09. The molecule has 0 spiro atoms. The summed E-state index contributed by atoms with van der Waals surface area (Å²) in [6, 6.07) is 2.69. The van der Waals surface area contributed by atoms with Crippen LogP contribution in [-0.2, 0) is 0 Å². The van der Waals surface area contributed by atoms with Crippen LogP contribution in [0, 0.1) is 11.7 Å². The Bertz CT molecular complexity index is 441. The fourth-order valence-corrected chi connectivity index (χ4v) is 2.78. The number of Topliss-reactive ketones (excluding diaryl/α,β-unsaturated/α-hetero) is 1. The minimum Gasteiger partial charge on any atom is -0.294 e. The number of rotatable bonds is 2. The number of ketones is 1. The number of carbonyl (C=O) groups is 1. The summed E-state index contributed by atoms with van der Waals surface area (Å²) in [6.07, 6.45) is 5.02. The standard InChI is InChI=1S/C13H13BrClFO/c14-10-7-12(16)9(6-11(10)15)13(17)8-4-2-1-3-5-8/h6-8H,1-5H2. The molecule has 1 nitrogen and oxygen atoms in total. The molecule has 1 saturated carbocycles. The molecule has 1 aliphatic rings. The van der Waals surface area contributed by atoms with E-state index in [1.54, 1.807) is 0 Å². The number of halogens is 3. The van der Waals surface area contributed by atoms with Crippen molar-refractivity contribution in [3.63, 3.8) is 0 Å². The van der Waals surface area contributed by atoms with Gasteiger partial charge in [-0.05, 0) is 40.9 Å². The maximum Gasteiger partial charge on any atom is 0.168 e. The molecule has 4 heteroatoms. The van der Waals surface area contributed by atoms with Crippen molar-refractivity contribution in [1.29, 1.82) is 0 Å². The lowest BCUT2D eigenvalue weighted by atomic mass is 9.84. The predicted octanol–water partition coefficient (Wildman–Crippen LogP) is 5.00. The average Bonchev–Trinajstić information content (AvgIpc) is 2.34. The third kappa shape index (κ3) is 2.89. The van der Waals surface area contributed by atoms with Crippen LogP contribution >= 0.6 is 27.5 Å². The van der Waals surface area contributed by atoms with E-state index in [9.17, 15) is 9.18 Å². The van der Waals surface area contributed by atoms with Gasteiger partial charge in [-0.3, -0.25) is 4.79 Å². The highest BCUT2D eigenvalue weighted by Crippen LogP contribution is 2.31. The van der Waals surface area contributed by atoms with E-state index in [0.717, 1.165) is 25.7 Å². The molecule has 0 N–H and O–H groups in total. The van der Waals surface area contributed by atoms with Crippen LogP contribution in [-0.4, -0.2) is 5.78 Å². The monoisotopic (exact) mass is 318 g/mol. The van der Waals surface area contributed by atoms with Crippen LogP contribution < -0.4 is 0 Å². The number of hydrogen-bond acceptors (Lipinski definition) is 1. The lowest BCUT2D eigenvalue weighted by Gasteiger charge is -2.20. The first-order valence-corrected chi connectivity index (χ1v) is 6.95. The van der Waals surface area contributed by atoms with Crippen LogP contribution in [0.5, 0.6) is 0 Å². The van der Waals surface area contributed by atoms with E-state index >= 15 is 0 Å². The molecule has 2 rings (SSSR count). The normalized spacial score (nSPS) is 17.1. The van der Waals surface area contributed by atoms with E-state index < -0.39 is 5.82 Å². The summed E-state index contributed by atoms with van der Waals surface area (Å²) in [4.78, 5) is 12.2. The second-order valence-electron chi connectivity index (χ2n) is 4.45. The zero-order chi connectivity index (χ0) is 12.4. The highest BCUT2D eigenvalue weighted by atomic mass is 79.9. The molecule has 92 valence electrons. The Morgan fingerprint density at radius 1 is 1.29 bits per heavy atom. The van der Waals surface area contributed by atoms with Crippen LogP contribution in [0.25, 0.3) is 0 Å². The molecule has 1 fully saturated rings. The molecule has 0 saturated heterocycles. The third-order valence-electron chi connectivity index (χ3n) is 3.25. The highest BCUT2D eigenvalue weighted by molar-refractivity contribution is 9.10. The molecule has 1 aromatic carbocycles. The molecule has 1 aromatic rings. The summed E-state index contributed by atoms with van der Waals surface area (Å²) in [5.41, 5.74) is 0.130. The Hall–Kier alpha value is -0.410. The topological polar surface area (TPSA) is 17.1 Å². The number of benzene rings is 1. The van der Waals surface area contributed by atoms with Gasteiger partial charge in [0.15, 0.2) is 5.78 Å². The molecule has 0 aromatic heterocycles. The lowest BCUT2D eigenvalue weighted by molar-refractivity contribution is 0.0885. The van der Waals surface area contributed by atoms with E-state index in [0.29, 0.717) is 9.50 Å². The Morgan fingerprint density at radius 3 is 2.59 bits per heavy atom. The van der Waals surface area contributed by atoms with Gasteiger partial charge in [0, 0.05) is 10.4 Å². The van der Waals surface area contributed by atoms with Gasteiger partial charge in [0.05, 0.1) is 10.6 Å². The fourth-order valence-electron chi connectivity index (χ4n) is 2.30. The molecule has 0 amide bonds. The molecule has 0 bridgehead atoms. The summed E-state index contributed by atoms with van der Waals surface area (Å²) >= 11 is 9.05. The van der Waals surface area contributed by atoms with Gasteiger partial charge in [0.1, 0.15) is 5.82 Å². The average molecular weight is 320 g/mol. The molecule has 0 radical (unpaired) electrons. The van der Waals surface area contributed by atoms with E-state index in [1.807, 2.05) is 0 Å². The van der Waals surface area contributed by atoms with Crippen LogP contribution in [0.1, 0.15) is 42.5 Å². The lowest BCUT2D eigenvalue weighted by Crippen LogP contribution is -2.19. The predicted molar refractivity (Wildman–Crippen MR) is 70.0 cm³/mol. The maximum absolute atomic E-state index is 13.7. The number of hydrogen-bond donors (Lipinski definition) is 0. The molecule has 0 atom stereocenters. The van der Waals surface area contributed by atoms with Gasteiger partial charge in [-0.2, -0.15) is 0 Å². The van der Waals surface area contributed by atoms with Gasteiger partial charge in [-0.15, -0.1) is 0 Å². The minimum atomic E-state index is -0.489. The molecule has 0 heterocycles. The van der Waals surface area contributed by atoms with E-state index in [-0.39, 0.29) is 17.3 Å². The van der Waals surface area contributed by atoms with Gasteiger partial charge in [0.25, 0.3) is 0 Å². The summed E-state index contributed by atoms with van der Waals surface area (Å²) in [6.45, 7) is 0. The van der Waals surface area contributed by atoms with Gasteiger partial charge in [0.2, 0.25) is 0 Å². The SMILES string of the molecule is O=C(c1cc(Cl)c(Br)cc1F)C1CCCCC1. The van der Waals surface area contributed by atoms with Gasteiger partial charge >= 0.3 is 0 Å². The third-order valence-corrected chi connectivity index (χ3v) is 4.45. The van der Waals surface area contributed by atoms with Gasteiger partial charge in [-0.1, -0.05) is 30.9 Å². The van der Waals surface area contributed by atoms with Crippen molar-refractivity contribution < 1.29 is 9.18 Å². The van der Waals surface area contributed by atoms with E-state index in [2.05, 4.69) is 15.9 Å². The van der Waals surface area contributed by atoms with Crippen molar-refractivity contribution in [2.24, 2.45) is 5.92 Å². The molecule has 0 unspecified atom stereocenters. The molecule has 17 heavy (non-hydrogen) atoms. The second-order valence-corrected chi connectivity index (χ2v) is 5.71. The molecule has 0 aliphatic heterocycles. The first kappa shape index (κ1) is 13.0. The first-order valence-electron chi connectivity index (χ1n) is 5.78. The number of carbonyl (C=O) groups excluding carboxylic acids is 1. The molecular weight excluding hydrogens is 306 g/mol. The largest absolute Gasteiger partial charge is 0.294 e. The van der Waals surface area contributed by atoms with Crippen LogP contribution in [0.2, 0.25) is 5.02 Å². The summed E-state index contributed by atoms with van der Waals surface area (Å²) < 4.78 is 14.2. The van der Waals surface area contributed by atoms with Crippen molar-refractivity contribution in [3.8, 4) is 0 Å². The van der Waals surface area contributed by atoms with Crippen molar-refractivity contribution in [1.82, 2.24) is 0 Å². The summed E-state index contributed by atoms with van der Waals surface area (Å²) in [7, 11) is 0. The van der Waals surface area contributed by atoms with Crippen molar-refractivity contribution in [2.45, 2.75) is 32.1 Å². The summed E-state index contributed by atoms with van der Waals surface area (Å²) in [5, 5.41) is 0.380. The van der Waals surface area contributed by atoms with Crippen LogP contribution in [0.15, 0.2) is 16.6 Å². The van der Waals surface area contributed by atoms with Crippen molar-refractivity contribution in [3.05, 3.63) is 33.0 Å². The Balaban J connectivity index is 2.26. The minimum absolute atomic E-state index is 0.0320. The van der Waals surface area contributed by atoms with Crippen molar-refractivity contribution >= 4 is 33.3 Å².